The van der Waals surface area contributed by atoms with Gasteiger partial charge in [-0.05, 0) is 0 Å². The fourth-order valence-electron chi connectivity index (χ4n) is 0.650. The molecular formula is C7H17NO3. The van der Waals surface area contributed by atoms with E-state index in [1.807, 2.05) is 13.8 Å². The Kier molecular flexibility index (Phi) is 6.45. The summed E-state index contributed by atoms with van der Waals surface area (Å²) in [7, 11) is 0. The van der Waals surface area contributed by atoms with Crippen molar-refractivity contribution in [3.05, 3.63) is 0 Å². The molecule has 0 amide bonds. The van der Waals surface area contributed by atoms with Crippen LogP contribution in [0.25, 0.3) is 0 Å². The third kappa shape index (κ3) is 5.15. The van der Waals surface area contributed by atoms with E-state index in [1.54, 1.807) is 5.06 Å². The predicted octanol–water partition coefficient (Wildman–Crippen LogP) is -0.387. The lowest BCUT2D eigenvalue weighted by Crippen LogP contribution is -2.29. The minimum Gasteiger partial charge on any atom is -0.394 e. The van der Waals surface area contributed by atoms with Gasteiger partial charge in [-0.15, -0.1) is 0 Å². The van der Waals surface area contributed by atoms with Crippen molar-refractivity contribution in [2.45, 2.75) is 20.0 Å². The topological polar surface area (TPSA) is 52.9 Å². The van der Waals surface area contributed by atoms with Gasteiger partial charge in [0.2, 0.25) is 0 Å². The van der Waals surface area contributed by atoms with Crippen molar-refractivity contribution in [2.24, 2.45) is 0 Å². The van der Waals surface area contributed by atoms with Gasteiger partial charge in [0.05, 0.1) is 13.2 Å². The molecule has 1 atom stereocenters. The minimum atomic E-state index is -0.768. The summed E-state index contributed by atoms with van der Waals surface area (Å²) in [6, 6.07) is 0. The number of rotatable bonds is 6. The Morgan fingerprint density at radius 1 is 1.36 bits per heavy atom. The van der Waals surface area contributed by atoms with Gasteiger partial charge in [0.15, 0.2) is 0 Å². The molecular weight excluding hydrogens is 146 g/mol. The molecule has 0 aliphatic carbocycles. The van der Waals surface area contributed by atoms with E-state index in [0.29, 0.717) is 0 Å². The van der Waals surface area contributed by atoms with Crippen molar-refractivity contribution >= 4 is 0 Å². The zero-order valence-corrected chi connectivity index (χ0v) is 7.16. The summed E-state index contributed by atoms with van der Waals surface area (Å²) in [5.74, 6) is 0. The second kappa shape index (κ2) is 6.54. The van der Waals surface area contributed by atoms with Crippen LogP contribution in [0, 0.1) is 0 Å². The van der Waals surface area contributed by atoms with Crippen LogP contribution in [0.3, 0.4) is 0 Å². The molecule has 0 saturated heterocycles. The summed E-state index contributed by atoms with van der Waals surface area (Å²) < 4.78 is 0. The number of aliphatic hydroxyl groups is 2. The van der Waals surface area contributed by atoms with Crippen molar-refractivity contribution in [1.82, 2.24) is 5.06 Å². The summed E-state index contributed by atoms with van der Waals surface area (Å²) in [6.07, 6.45) is -0.768. The summed E-state index contributed by atoms with van der Waals surface area (Å²) in [5, 5.41) is 19.1. The van der Waals surface area contributed by atoms with E-state index in [1.165, 1.54) is 0 Å². The summed E-state index contributed by atoms with van der Waals surface area (Å²) >= 11 is 0. The lowest BCUT2D eigenvalue weighted by Gasteiger charge is -2.19. The molecule has 0 aromatic rings. The number of hydroxylamine groups is 2. The average molecular weight is 163 g/mol. The first-order valence-electron chi connectivity index (χ1n) is 3.91. The first-order valence-corrected chi connectivity index (χ1v) is 3.91. The van der Waals surface area contributed by atoms with Gasteiger partial charge in [-0.25, -0.2) is 0 Å². The molecule has 0 aromatic carbocycles. The molecule has 0 heterocycles. The zero-order chi connectivity index (χ0) is 8.69. The van der Waals surface area contributed by atoms with Gasteiger partial charge in [-0.3, -0.25) is 4.84 Å². The zero-order valence-electron chi connectivity index (χ0n) is 7.16. The SMILES string of the molecule is CCN(CC)OCC(O)CO. The molecule has 0 aromatic heterocycles. The van der Waals surface area contributed by atoms with Crippen LogP contribution in [0.5, 0.6) is 0 Å². The Bertz CT molecular complexity index is 85.8. The number of hydrogen-bond donors (Lipinski definition) is 2. The smallest absolute Gasteiger partial charge is 0.102 e. The third-order valence-electron chi connectivity index (χ3n) is 1.37. The van der Waals surface area contributed by atoms with Crippen molar-refractivity contribution in [2.75, 3.05) is 26.3 Å². The number of hydrogen-bond acceptors (Lipinski definition) is 4. The highest BCUT2D eigenvalue weighted by Crippen LogP contribution is 1.91. The predicted molar refractivity (Wildman–Crippen MR) is 42.0 cm³/mol. The highest BCUT2D eigenvalue weighted by molar-refractivity contribution is 4.48. The maximum Gasteiger partial charge on any atom is 0.102 e. The second-order valence-corrected chi connectivity index (χ2v) is 2.25. The lowest BCUT2D eigenvalue weighted by atomic mass is 10.4. The largest absolute Gasteiger partial charge is 0.394 e. The molecule has 0 saturated carbocycles. The van der Waals surface area contributed by atoms with Crippen LogP contribution in [-0.2, 0) is 4.84 Å². The molecule has 11 heavy (non-hydrogen) atoms. The average Bonchev–Trinajstić information content (AvgIpc) is 2.06. The fourth-order valence-corrected chi connectivity index (χ4v) is 0.650. The Labute approximate surface area is 67.3 Å². The maximum atomic E-state index is 8.90. The Morgan fingerprint density at radius 3 is 2.27 bits per heavy atom. The highest BCUT2D eigenvalue weighted by Gasteiger charge is 2.04. The Morgan fingerprint density at radius 2 is 1.91 bits per heavy atom. The molecule has 0 aliphatic heterocycles. The van der Waals surface area contributed by atoms with Gasteiger partial charge in [0, 0.05) is 13.1 Å². The first kappa shape index (κ1) is 10.8. The maximum absolute atomic E-state index is 8.90. The second-order valence-electron chi connectivity index (χ2n) is 2.25. The molecule has 68 valence electrons. The molecule has 0 spiro atoms. The van der Waals surface area contributed by atoms with Gasteiger partial charge in [0.1, 0.15) is 6.10 Å². The molecule has 0 radical (unpaired) electrons. The fraction of sp³-hybridized carbons (Fsp3) is 1.00. The van der Waals surface area contributed by atoms with Crippen molar-refractivity contribution in [3.63, 3.8) is 0 Å². The molecule has 2 N–H and O–H groups in total. The van der Waals surface area contributed by atoms with E-state index in [2.05, 4.69) is 0 Å². The van der Waals surface area contributed by atoms with Gasteiger partial charge in [0.25, 0.3) is 0 Å². The normalized spacial score (nSPS) is 13.9. The quantitative estimate of drug-likeness (QED) is 0.524. The molecule has 4 nitrogen and oxygen atoms in total. The van der Waals surface area contributed by atoms with E-state index < -0.39 is 6.10 Å². The molecule has 0 bridgehead atoms. The van der Waals surface area contributed by atoms with Crippen molar-refractivity contribution < 1.29 is 15.1 Å². The Balaban J connectivity index is 3.34. The summed E-state index contributed by atoms with van der Waals surface area (Å²) in [5.41, 5.74) is 0. The molecule has 4 heteroatoms. The monoisotopic (exact) mass is 163 g/mol. The molecule has 0 fully saturated rings. The van der Waals surface area contributed by atoms with Crippen LogP contribution >= 0.6 is 0 Å². The van der Waals surface area contributed by atoms with E-state index in [0.717, 1.165) is 13.1 Å². The van der Waals surface area contributed by atoms with Gasteiger partial charge in [-0.1, -0.05) is 13.8 Å². The molecule has 1 unspecified atom stereocenters. The van der Waals surface area contributed by atoms with Crippen LogP contribution in [0.15, 0.2) is 0 Å². The van der Waals surface area contributed by atoms with Crippen LogP contribution in [0.1, 0.15) is 13.8 Å². The van der Waals surface area contributed by atoms with Crippen molar-refractivity contribution in [3.8, 4) is 0 Å². The molecule has 0 aliphatic rings. The number of nitrogens with zero attached hydrogens (tertiary/aromatic N) is 1. The van der Waals surface area contributed by atoms with Crippen LogP contribution in [0.4, 0.5) is 0 Å². The van der Waals surface area contributed by atoms with Crippen LogP contribution in [-0.4, -0.2) is 47.7 Å². The molecule has 0 rings (SSSR count). The van der Waals surface area contributed by atoms with Crippen molar-refractivity contribution in [1.29, 1.82) is 0 Å². The first-order chi connectivity index (χ1) is 5.24. The van der Waals surface area contributed by atoms with E-state index in [4.69, 9.17) is 15.1 Å². The van der Waals surface area contributed by atoms with Crippen LogP contribution in [0.2, 0.25) is 0 Å². The van der Waals surface area contributed by atoms with Gasteiger partial charge < -0.3 is 10.2 Å². The van der Waals surface area contributed by atoms with Crippen LogP contribution < -0.4 is 0 Å². The van der Waals surface area contributed by atoms with Gasteiger partial charge in [-0.2, -0.15) is 5.06 Å². The number of aliphatic hydroxyl groups excluding tert-OH is 2. The van der Waals surface area contributed by atoms with Gasteiger partial charge >= 0.3 is 0 Å². The minimum absolute atomic E-state index is 0.165. The summed E-state index contributed by atoms with van der Waals surface area (Å²) in [6.45, 7) is 5.42. The third-order valence-corrected chi connectivity index (χ3v) is 1.37. The van der Waals surface area contributed by atoms with E-state index in [-0.39, 0.29) is 13.2 Å². The lowest BCUT2D eigenvalue weighted by molar-refractivity contribution is -0.176. The van der Waals surface area contributed by atoms with E-state index in [9.17, 15) is 0 Å². The standard InChI is InChI=1S/C7H17NO3/c1-3-8(4-2)11-6-7(10)5-9/h7,9-10H,3-6H2,1-2H3. The summed E-state index contributed by atoms with van der Waals surface area (Å²) in [4.78, 5) is 5.12. The Hall–Kier alpha value is -0.160. The highest BCUT2D eigenvalue weighted by atomic mass is 16.7. The van der Waals surface area contributed by atoms with E-state index >= 15 is 0 Å².